The average molecular weight is 230 g/mol. The van der Waals surface area contributed by atoms with Gasteiger partial charge in [0.15, 0.2) is 0 Å². The van der Waals surface area contributed by atoms with E-state index in [1.165, 1.54) is 6.20 Å². The summed E-state index contributed by atoms with van der Waals surface area (Å²) in [5, 5.41) is 0. The second-order valence-electron chi connectivity index (χ2n) is 3.30. The number of aromatic nitrogens is 1. The summed E-state index contributed by atoms with van der Waals surface area (Å²) >= 11 is 0. The van der Waals surface area contributed by atoms with Crippen molar-refractivity contribution < 1.29 is 9.59 Å². The molecule has 0 aromatic carbocycles. The molecule has 1 saturated heterocycles. The van der Waals surface area contributed by atoms with Crippen LogP contribution in [0.4, 0.5) is 0 Å². The second-order valence-corrected chi connectivity index (χ2v) is 3.30. The zero-order valence-electron chi connectivity index (χ0n) is 9.50. The third-order valence-corrected chi connectivity index (χ3v) is 2.17. The van der Waals surface area contributed by atoms with Crippen molar-refractivity contribution in [3.63, 3.8) is 0 Å². The number of hydrogen-bond acceptors (Lipinski definition) is 3. The Morgan fingerprint density at radius 3 is 2.12 bits per heavy atom. The Balaban J connectivity index is 0.000000171. The molecule has 1 aliphatic rings. The maximum absolute atomic E-state index is 10.6. The van der Waals surface area contributed by atoms with Gasteiger partial charge in [0.05, 0.1) is 5.69 Å². The second kappa shape index (κ2) is 6.37. The van der Waals surface area contributed by atoms with Crippen molar-refractivity contribution >= 4 is 17.9 Å². The Morgan fingerprint density at radius 1 is 1.18 bits per heavy atom. The molecule has 0 radical (unpaired) electrons. The number of imide groups is 1. The van der Waals surface area contributed by atoms with Crippen molar-refractivity contribution in [1.82, 2.24) is 9.88 Å². The van der Waals surface area contributed by atoms with Crippen molar-refractivity contribution in [2.45, 2.75) is 12.8 Å². The molecule has 0 bridgehead atoms. The van der Waals surface area contributed by atoms with E-state index in [0.717, 1.165) is 10.6 Å². The summed E-state index contributed by atoms with van der Waals surface area (Å²) in [4.78, 5) is 26.3. The van der Waals surface area contributed by atoms with Gasteiger partial charge in [0, 0.05) is 25.2 Å². The molecule has 1 fully saturated rings. The van der Waals surface area contributed by atoms with Crippen molar-refractivity contribution in [2.75, 3.05) is 0 Å². The highest BCUT2D eigenvalue weighted by Crippen LogP contribution is 2.10. The van der Waals surface area contributed by atoms with E-state index in [4.69, 9.17) is 0 Å². The Hall–Kier alpha value is -2.23. The van der Waals surface area contributed by atoms with E-state index in [-0.39, 0.29) is 11.8 Å². The molecule has 2 amide bonds. The number of hydrogen-bond donors (Lipinski definition) is 0. The van der Waals surface area contributed by atoms with E-state index in [1.54, 1.807) is 12.3 Å². The van der Waals surface area contributed by atoms with Gasteiger partial charge in [0.1, 0.15) is 0 Å². The Kier molecular flexibility index (Phi) is 4.81. The van der Waals surface area contributed by atoms with Gasteiger partial charge in [-0.2, -0.15) is 0 Å². The standard InChI is InChI=1S/C7H7N.C6H7NO2/c1-2-7-5-3-4-6-8-7;1-2-7-5(8)3-4-6(7)9/h2-6H,1H2;2H,1,3-4H2. The lowest BCUT2D eigenvalue weighted by atomic mass is 10.4. The lowest BCUT2D eigenvalue weighted by Crippen LogP contribution is -2.21. The number of rotatable bonds is 2. The highest BCUT2D eigenvalue weighted by Gasteiger charge is 2.25. The van der Waals surface area contributed by atoms with Crippen LogP contribution in [0.3, 0.4) is 0 Å². The molecule has 0 saturated carbocycles. The molecule has 4 heteroatoms. The molecule has 17 heavy (non-hydrogen) atoms. The fraction of sp³-hybridized carbons (Fsp3) is 0.154. The van der Waals surface area contributed by atoms with Gasteiger partial charge < -0.3 is 0 Å². The first kappa shape index (κ1) is 12.8. The maximum Gasteiger partial charge on any atom is 0.233 e. The van der Waals surface area contributed by atoms with E-state index in [0.29, 0.717) is 12.8 Å². The molecule has 1 aliphatic heterocycles. The van der Waals surface area contributed by atoms with Crippen LogP contribution >= 0.6 is 0 Å². The summed E-state index contributed by atoms with van der Waals surface area (Å²) in [6, 6.07) is 5.73. The van der Waals surface area contributed by atoms with E-state index in [2.05, 4.69) is 18.1 Å². The van der Waals surface area contributed by atoms with Crippen molar-refractivity contribution in [3.05, 3.63) is 49.4 Å². The van der Waals surface area contributed by atoms with Crippen LogP contribution in [0.1, 0.15) is 18.5 Å². The van der Waals surface area contributed by atoms with E-state index >= 15 is 0 Å². The SMILES string of the molecule is C=CN1C(=O)CCC1=O.C=Cc1ccccn1. The van der Waals surface area contributed by atoms with Crippen LogP contribution in [0.15, 0.2) is 43.8 Å². The van der Waals surface area contributed by atoms with Gasteiger partial charge in [0.25, 0.3) is 0 Å². The third-order valence-electron chi connectivity index (χ3n) is 2.17. The van der Waals surface area contributed by atoms with Gasteiger partial charge >= 0.3 is 0 Å². The molecule has 0 spiro atoms. The van der Waals surface area contributed by atoms with E-state index in [1.807, 2.05) is 18.2 Å². The number of pyridine rings is 1. The largest absolute Gasteiger partial charge is 0.274 e. The van der Waals surface area contributed by atoms with Gasteiger partial charge in [0.2, 0.25) is 11.8 Å². The van der Waals surface area contributed by atoms with Crippen LogP contribution in [0.2, 0.25) is 0 Å². The number of nitrogens with zero attached hydrogens (tertiary/aromatic N) is 2. The minimum Gasteiger partial charge on any atom is -0.274 e. The van der Waals surface area contributed by atoms with Crippen molar-refractivity contribution in [1.29, 1.82) is 0 Å². The molecule has 2 rings (SSSR count). The molecule has 4 nitrogen and oxygen atoms in total. The molecule has 0 aliphatic carbocycles. The predicted octanol–water partition coefficient (Wildman–Crippen LogP) is 2.00. The van der Waals surface area contributed by atoms with Gasteiger partial charge in [-0.1, -0.05) is 19.2 Å². The highest BCUT2D eigenvalue weighted by molar-refractivity contribution is 6.02. The fourth-order valence-electron chi connectivity index (χ4n) is 1.29. The summed E-state index contributed by atoms with van der Waals surface area (Å²) in [5.41, 5.74) is 0.924. The summed E-state index contributed by atoms with van der Waals surface area (Å²) in [6.45, 7) is 6.90. The molecule has 1 aromatic heterocycles. The number of likely N-dealkylation sites (tertiary alicyclic amines) is 1. The lowest BCUT2D eigenvalue weighted by molar-refractivity contribution is -0.135. The van der Waals surface area contributed by atoms with Gasteiger partial charge in [-0.15, -0.1) is 0 Å². The molecular weight excluding hydrogens is 216 g/mol. The molecule has 0 unspecified atom stereocenters. The number of carbonyl (C=O) groups is 2. The first-order valence-electron chi connectivity index (χ1n) is 5.20. The zero-order valence-corrected chi connectivity index (χ0v) is 9.50. The van der Waals surface area contributed by atoms with Gasteiger partial charge in [-0.25, -0.2) is 0 Å². The fourth-order valence-corrected chi connectivity index (χ4v) is 1.29. The van der Waals surface area contributed by atoms with Crippen LogP contribution in [0.5, 0.6) is 0 Å². The highest BCUT2D eigenvalue weighted by atomic mass is 16.2. The van der Waals surface area contributed by atoms with Crippen molar-refractivity contribution in [2.24, 2.45) is 0 Å². The maximum atomic E-state index is 10.6. The lowest BCUT2D eigenvalue weighted by Gasteiger charge is -2.03. The first-order chi connectivity index (χ1) is 8.19. The predicted molar refractivity (Wildman–Crippen MR) is 65.6 cm³/mol. The third kappa shape index (κ3) is 3.68. The van der Waals surface area contributed by atoms with Crippen molar-refractivity contribution in [3.8, 4) is 0 Å². The van der Waals surface area contributed by atoms with Gasteiger partial charge in [-0.05, 0) is 18.2 Å². The monoisotopic (exact) mass is 230 g/mol. The summed E-state index contributed by atoms with van der Waals surface area (Å²) in [7, 11) is 0. The first-order valence-corrected chi connectivity index (χ1v) is 5.20. The smallest absolute Gasteiger partial charge is 0.233 e. The average Bonchev–Trinajstić information content (AvgIpc) is 2.70. The summed E-state index contributed by atoms with van der Waals surface area (Å²) in [5.74, 6) is -0.287. The topological polar surface area (TPSA) is 50.3 Å². The minimum absolute atomic E-state index is 0.144. The van der Waals surface area contributed by atoms with Crippen LogP contribution < -0.4 is 0 Å². The number of carbonyl (C=O) groups excluding carboxylic acids is 2. The summed E-state index contributed by atoms with van der Waals surface area (Å²) in [6.07, 6.45) is 5.41. The molecule has 0 N–H and O–H groups in total. The van der Waals surface area contributed by atoms with Crippen LogP contribution in [-0.4, -0.2) is 21.7 Å². The molecule has 2 heterocycles. The molecule has 0 atom stereocenters. The molecule has 88 valence electrons. The Labute approximate surface area is 100 Å². The molecular formula is C13H14N2O2. The zero-order chi connectivity index (χ0) is 12.7. The van der Waals surface area contributed by atoms with Crippen LogP contribution in [-0.2, 0) is 9.59 Å². The Bertz CT molecular complexity index is 410. The number of amides is 2. The van der Waals surface area contributed by atoms with E-state index < -0.39 is 0 Å². The van der Waals surface area contributed by atoms with Gasteiger partial charge in [-0.3, -0.25) is 19.5 Å². The molecule has 1 aromatic rings. The summed E-state index contributed by atoms with van der Waals surface area (Å²) < 4.78 is 0. The van der Waals surface area contributed by atoms with Crippen LogP contribution in [0, 0.1) is 0 Å². The minimum atomic E-state index is -0.144. The van der Waals surface area contributed by atoms with E-state index in [9.17, 15) is 9.59 Å². The van der Waals surface area contributed by atoms with Crippen LogP contribution in [0.25, 0.3) is 6.08 Å². The Morgan fingerprint density at radius 2 is 1.82 bits per heavy atom. The quantitative estimate of drug-likeness (QED) is 0.730. The normalized spacial score (nSPS) is 14.0.